The van der Waals surface area contributed by atoms with Gasteiger partial charge in [0.05, 0.1) is 11.0 Å². The highest BCUT2D eigenvalue weighted by Gasteiger charge is 2.21. The predicted molar refractivity (Wildman–Crippen MR) is 250 cm³/mol. The maximum atomic E-state index is 6.78. The molecule has 274 valence electrons. The molecule has 0 saturated carbocycles. The van der Waals surface area contributed by atoms with Crippen molar-refractivity contribution in [1.82, 2.24) is 9.55 Å². The van der Waals surface area contributed by atoms with Gasteiger partial charge in [-0.25, -0.2) is 4.98 Å². The van der Waals surface area contributed by atoms with Gasteiger partial charge in [0.25, 0.3) is 0 Å². The zero-order valence-electron chi connectivity index (χ0n) is 31.7. The third kappa shape index (κ3) is 4.97. The molecule has 10 aromatic carbocycles. The first-order valence-corrected chi connectivity index (χ1v) is 20.8. The van der Waals surface area contributed by atoms with Crippen molar-refractivity contribution in [2.75, 3.05) is 0 Å². The van der Waals surface area contributed by atoms with E-state index in [0.717, 1.165) is 38.9 Å². The Bertz CT molecular complexity index is 3850. The normalized spacial score (nSPS) is 12.1. The van der Waals surface area contributed by atoms with Crippen LogP contribution in [0.2, 0.25) is 0 Å². The minimum absolute atomic E-state index is 0.622. The van der Waals surface area contributed by atoms with Crippen LogP contribution in [0, 0.1) is 0 Å². The van der Waals surface area contributed by atoms with Crippen molar-refractivity contribution in [2.24, 2.45) is 0 Å². The lowest BCUT2D eigenvalue weighted by molar-refractivity contribution is 0.623. The highest BCUT2D eigenvalue weighted by atomic mass is 32.1. The maximum Gasteiger partial charge on any atom is 0.227 e. The lowest BCUT2D eigenvalue weighted by Gasteiger charge is -2.10. The molecule has 0 radical (unpaired) electrons. The molecule has 0 aliphatic rings. The summed E-state index contributed by atoms with van der Waals surface area (Å²) in [5, 5.41) is 12.3. The molecule has 0 aliphatic carbocycles. The van der Waals surface area contributed by atoms with Crippen LogP contribution in [-0.2, 0) is 0 Å². The van der Waals surface area contributed by atoms with Gasteiger partial charge in [0.15, 0.2) is 5.58 Å². The van der Waals surface area contributed by atoms with Crippen LogP contribution in [0.3, 0.4) is 0 Å². The van der Waals surface area contributed by atoms with E-state index in [1.807, 2.05) is 11.3 Å². The van der Waals surface area contributed by atoms with Crippen molar-refractivity contribution in [3.63, 3.8) is 0 Å². The molecule has 0 spiro atoms. The average Bonchev–Trinajstić information content (AvgIpc) is 4.00. The van der Waals surface area contributed by atoms with Crippen molar-refractivity contribution in [3.8, 4) is 39.4 Å². The van der Waals surface area contributed by atoms with Gasteiger partial charge in [-0.1, -0.05) is 140 Å². The maximum absolute atomic E-state index is 6.78. The second-order valence-electron chi connectivity index (χ2n) is 15.5. The number of thiophene rings is 1. The van der Waals surface area contributed by atoms with Crippen molar-refractivity contribution < 1.29 is 4.42 Å². The van der Waals surface area contributed by atoms with Gasteiger partial charge in [-0.3, -0.25) is 0 Å². The average molecular weight is 769 g/mol. The minimum Gasteiger partial charge on any atom is -0.435 e. The zero-order chi connectivity index (χ0) is 38.6. The van der Waals surface area contributed by atoms with Crippen molar-refractivity contribution in [1.29, 1.82) is 0 Å². The molecule has 4 heteroatoms. The quantitative estimate of drug-likeness (QED) is 0.167. The number of para-hydroxylation sites is 1. The molecular weight excluding hydrogens is 737 g/mol. The second-order valence-corrected chi connectivity index (χ2v) is 16.6. The van der Waals surface area contributed by atoms with E-state index in [2.05, 4.69) is 199 Å². The van der Waals surface area contributed by atoms with Crippen LogP contribution in [0.4, 0.5) is 0 Å². The second kappa shape index (κ2) is 12.5. The monoisotopic (exact) mass is 768 g/mol. The Kier molecular flexibility index (Phi) is 6.89. The van der Waals surface area contributed by atoms with Crippen molar-refractivity contribution in [2.45, 2.75) is 0 Å². The van der Waals surface area contributed by atoms with Gasteiger partial charge in [0, 0.05) is 47.8 Å². The molecule has 0 atom stereocenters. The summed E-state index contributed by atoms with van der Waals surface area (Å²) < 4.78 is 11.6. The Hall–Kier alpha value is -7.53. The number of benzene rings is 10. The Labute approximate surface area is 342 Å². The van der Waals surface area contributed by atoms with E-state index in [1.54, 1.807) is 0 Å². The van der Waals surface area contributed by atoms with Gasteiger partial charge in [-0.2, -0.15) is 0 Å². The van der Waals surface area contributed by atoms with E-state index >= 15 is 0 Å². The lowest BCUT2D eigenvalue weighted by Crippen LogP contribution is -1.94. The topological polar surface area (TPSA) is 31.0 Å². The van der Waals surface area contributed by atoms with E-state index in [-0.39, 0.29) is 0 Å². The Morgan fingerprint density at radius 1 is 0.424 bits per heavy atom. The summed E-state index contributed by atoms with van der Waals surface area (Å²) in [5.74, 6) is 0.622. The van der Waals surface area contributed by atoms with Crippen molar-refractivity contribution >= 4 is 96.7 Å². The Morgan fingerprint density at radius 2 is 1.07 bits per heavy atom. The highest BCUT2D eigenvalue weighted by Crippen LogP contribution is 2.46. The minimum atomic E-state index is 0.622. The van der Waals surface area contributed by atoms with E-state index < -0.39 is 0 Å². The molecule has 0 unspecified atom stereocenters. The Balaban J connectivity index is 0.932. The number of hydrogen-bond donors (Lipinski definition) is 0. The fourth-order valence-electron chi connectivity index (χ4n) is 9.33. The molecule has 0 amide bonds. The molecule has 3 heterocycles. The first kappa shape index (κ1) is 32.5. The van der Waals surface area contributed by atoms with Crippen molar-refractivity contribution in [3.05, 3.63) is 194 Å². The molecule has 13 rings (SSSR count). The molecule has 0 aliphatic heterocycles. The third-order valence-corrected chi connectivity index (χ3v) is 13.4. The number of fused-ring (bicyclic) bond motifs is 12. The molecule has 0 saturated heterocycles. The molecule has 0 N–H and O–H groups in total. The molecule has 59 heavy (non-hydrogen) atoms. The van der Waals surface area contributed by atoms with Crippen LogP contribution < -0.4 is 0 Å². The van der Waals surface area contributed by atoms with E-state index in [1.165, 1.54) is 80.0 Å². The highest BCUT2D eigenvalue weighted by molar-refractivity contribution is 7.26. The van der Waals surface area contributed by atoms with E-state index in [0.29, 0.717) is 5.89 Å². The number of aromatic nitrogens is 2. The summed E-state index contributed by atoms with van der Waals surface area (Å²) in [5.41, 5.74) is 10.8. The summed E-state index contributed by atoms with van der Waals surface area (Å²) in [7, 11) is 0. The van der Waals surface area contributed by atoms with Crippen LogP contribution in [0.1, 0.15) is 0 Å². The standard InChI is InChI=1S/C55H32N2OS/c1-2-11-38-29-41(27-25-33(38)9-1)57-49-15-7-5-13-43(49)44-28-26-39(31-50(44)57)34-17-22-37(23-18-34)55-56-48-32-47(54-52(53(48)58-55)45-14-6-8-16-51(45)59-54)40-24-21-36-20-19-35-10-3-4-12-42(35)46(36)30-40/h1-32H. The van der Waals surface area contributed by atoms with Gasteiger partial charge in [0.1, 0.15) is 5.52 Å². The number of nitrogens with zero attached hydrogens (tertiary/aromatic N) is 2. The van der Waals surface area contributed by atoms with Crippen LogP contribution in [0.5, 0.6) is 0 Å². The molecule has 3 nitrogen and oxygen atoms in total. The molecule has 13 aromatic rings. The molecule has 0 bridgehead atoms. The van der Waals surface area contributed by atoms with Gasteiger partial charge in [0.2, 0.25) is 5.89 Å². The number of hydrogen-bond acceptors (Lipinski definition) is 3. The summed E-state index contributed by atoms with van der Waals surface area (Å²) in [6.45, 7) is 0. The SMILES string of the molecule is c1ccc2cc(-n3c4ccccc4c4ccc(-c5ccc(-c6nc7cc(-c8ccc9ccc%10ccccc%10c9c8)c8sc9ccccc9c8c7o6)cc5)cc43)ccc2c1. The first-order valence-electron chi connectivity index (χ1n) is 20.0. The lowest BCUT2D eigenvalue weighted by atomic mass is 9.96. The summed E-state index contributed by atoms with van der Waals surface area (Å²) >= 11 is 1.82. The number of rotatable bonds is 4. The smallest absolute Gasteiger partial charge is 0.227 e. The number of oxazole rings is 1. The van der Waals surface area contributed by atoms with Crippen LogP contribution >= 0.6 is 11.3 Å². The Morgan fingerprint density at radius 3 is 1.95 bits per heavy atom. The summed E-state index contributed by atoms with van der Waals surface area (Å²) in [4.78, 5) is 5.19. The molecule has 3 aromatic heterocycles. The summed E-state index contributed by atoms with van der Waals surface area (Å²) in [6.07, 6.45) is 0. The molecular formula is C55H32N2OS. The van der Waals surface area contributed by atoms with Gasteiger partial charge < -0.3 is 8.98 Å². The zero-order valence-corrected chi connectivity index (χ0v) is 32.5. The third-order valence-electron chi connectivity index (χ3n) is 12.2. The predicted octanol–water partition coefficient (Wildman–Crippen LogP) is 15.8. The fraction of sp³-hybridized carbons (Fsp3) is 0. The first-order chi connectivity index (χ1) is 29.2. The van der Waals surface area contributed by atoms with Crippen LogP contribution in [0.15, 0.2) is 199 Å². The van der Waals surface area contributed by atoms with Gasteiger partial charge in [-0.15, -0.1) is 11.3 Å². The van der Waals surface area contributed by atoms with Crippen LogP contribution in [-0.4, -0.2) is 9.55 Å². The largest absolute Gasteiger partial charge is 0.435 e. The fourth-order valence-corrected chi connectivity index (χ4v) is 10.6. The van der Waals surface area contributed by atoms with Gasteiger partial charge >= 0.3 is 0 Å². The summed E-state index contributed by atoms with van der Waals surface area (Å²) in [6, 6.07) is 70.3. The van der Waals surface area contributed by atoms with E-state index in [9.17, 15) is 0 Å². The van der Waals surface area contributed by atoms with Crippen LogP contribution in [0.25, 0.3) is 125 Å². The van der Waals surface area contributed by atoms with E-state index in [4.69, 9.17) is 9.40 Å². The molecule has 0 fully saturated rings. The van der Waals surface area contributed by atoms with Gasteiger partial charge in [-0.05, 0) is 104 Å².